The van der Waals surface area contributed by atoms with Crippen molar-refractivity contribution in [3.05, 3.63) is 34.9 Å². The molecule has 3 heteroatoms. The number of aryl methyl sites for hydroxylation is 2. The fourth-order valence-electron chi connectivity index (χ4n) is 1.55. The maximum Gasteiger partial charge on any atom is 0.308 e. The lowest BCUT2D eigenvalue weighted by Gasteiger charge is -2.12. The number of esters is 1. The van der Waals surface area contributed by atoms with Crippen molar-refractivity contribution in [3.8, 4) is 0 Å². The fraction of sp³-hybridized carbons (Fsp3) is 0.417. The molecule has 1 aromatic rings. The molecule has 0 spiro atoms. The Kier molecular flexibility index (Phi) is 3.86. The molecule has 0 aliphatic heterocycles. The van der Waals surface area contributed by atoms with Crippen LogP contribution in [0.5, 0.6) is 0 Å². The van der Waals surface area contributed by atoms with Gasteiger partial charge in [0.1, 0.15) is 0 Å². The number of carbonyl (C=O) groups is 1. The van der Waals surface area contributed by atoms with Gasteiger partial charge in [0.2, 0.25) is 0 Å². The van der Waals surface area contributed by atoms with Crippen LogP contribution in [-0.4, -0.2) is 18.2 Å². The van der Waals surface area contributed by atoms with Crippen molar-refractivity contribution in [3.63, 3.8) is 0 Å². The van der Waals surface area contributed by atoms with Gasteiger partial charge < -0.3 is 9.84 Å². The van der Waals surface area contributed by atoms with Gasteiger partial charge >= 0.3 is 5.97 Å². The highest BCUT2D eigenvalue weighted by Gasteiger charge is 2.14. The highest BCUT2D eigenvalue weighted by atomic mass is 16.5. The first-order valence-corrected chi connectivity index (χ1v) is 4.86. The van der Waals surface area contributed by atoms with Crippen LogP contribution in [0.25, 0.3) is 0 Å². The normalized spacial score (nSPS) is 12.3. The zero-order valence-corrected chi connectivity index (χ0v) is 9.28. The SMILES string of the molecule is COC(=O)CC(O)c1ccc(C)cc1C. The molecular weight excluding hydrogens is 192 g/mol. The maximum absolute atomic E-state index is 11.0. The molecule has 1 N–H and O–H groups in total. The van der Waals surface area contributed by atoms with Crippen LogP contribution < -0.4 is 0 Å². The molecule has 0 aliphatic rings. The van der Waals surface area contributed by atoms with E-state index in [9.17, 15) is 9.90 Å². The number of ether oxygens (including phenoxy) is 1. The first-order valence-electron chi connectivity index (χ1n) is 4.86. The van der Waals surface area contributed by atoms with Gasteiger partial charge in [-0.05, 0) is 25.0 Å². The molecule has 15 heavy (non-hydrogen) atoms. The molecule has 0 fully saturated rings. The van der Waals surface area contributed by atoms with Crippen LogP contribution in [-0.2, 0) is 9.53 Å². The topological polar surface area (TPSA) is 46.5 Å². The Hall–Kier alpha value is -1.35. The quantitative estimate of drug-likeness (QED) is 0.772. The number of benzene rings is 1. The van der Waals surface area contributed by atoms with E-state index in [1.165, 1.54) is 7.11 Å². The molecule has 0 aliphatic carbocycles. The lowest BCUT2D eigenvalue weighted by molar-refractivity contribution is -0.142. The summed E-state index contributed by atoms with van der Waals surface area (Å²) in [4.78, 5) is 11.0. The molecule has 0 amide bonds. The summed E-state index contributed by atoms with van der Waals surface area (Å²) in [5.74, 6) is -0.400. The molecule has 3 nitrogen and oxygen atoms in total. The fourth-order valence-corrected chi connectivity index (χ4v) is 1.55. The summed E-state index contributed by atoms with van der Waals surface area (Å²) in [6.45, 7) is 3.91. The van der Waals surface area contributed by atoms with Gasteiger partial charge in [0.15, 0.2) is 0 Å². The van der Waals surface area contributed by atoms with Crippen LogP contribution in [0.3, 0.4) is 0 Å². The number of hydrogen-bond donors (Lipinski definition) is 1. The molecule has 82 valence electrons. The Morgan fingerprint density at radius 3 is 2.67 bits per heavy atom. The average Bonchev–Trinajstić information content (AvgIpc) is 2.17. The van der Waals surface area contributed by atoms with E-state index < -0.39 is 12.1 Å². The van der Waals surface area contributed by atoms with Gasteiger partial charge in [-0.2, -0.15) is 0 Å². The van der Waals surface area contributed by atoms with Gasteiger partial charge in [-0.15, -0.1) is 0 Å². The molecular formula is C12H16O3. The average molecular weight is 208 g/mol. The summed E-state index contributed by atoms with van der Waals surface area (Å²) < 4.78 is 4.51. The lowest BCUT2D eigenvalue weighted by Crippen LogP contribution is -2.09. The third-order valence-corrected chi connectivity index (χ3v) is 2.37. The van der Waals surface area contributed by atoms with Crippen LogP contribution in [0, 0.1) is 13.8 Å². The van der Waals surface area contributed by atoms with E-state index in [1.807, 2.05) is 32.0 Å². The van der Waals surface area contributed by atoms with Crippen LogP contribution in [0.1, 0.15) is 29.2 Å². The van der Waals surface area contributed by atoms with E-state index >= 15 is 0 Å². The maximum atomic E-state index is 11.0. The molecule has 0 saturated heterocycles. The molecule has 1 unspecified atom stereocenters. The van der Waals surface area contributed by atoms with E-state index in [4.69, 9.17) is 0 Å². The largest absolute Gasteiger partial charge is 0.469 e. The Morgan fingerprint density at radius 1 is 1.47 bits per heavy atom. The van der Waals surface area contributed by atoms with Crippen LogP contribution in [0.2, 0.25) is 0 Å². The molecule has 0 bridgehead atoms. The summed E-state index contributed by atoms with van der Waals surface area (Å²) in [5, 5.41) is 9.79. The predicted octanol–water partition coefficient (Wildman–Crippen LogP) is 1.90. The molecule has 0 aromatic heterocycles. The summed E-state index contributed by atoms with van der Waals surface area (Å²) >= 11 is 0. The highest BCUT2D eigenvalue weighted by molar-refractivity contribution is 5.70. The summed E-state index contributed by atoms with van der Waals surface area (Å²) in [7, 11) is 1.32. The number of aliphatic hydroxyl groups is 1. The number of rotatable bonds is 3. The molecule has 0 radical (unpaired) electrons. The second kappa shape index (κ2) is 4.94. The van der Waals surface area contributed by atoms with E-state index in [2.05, 4.69) is 4.74 Å². The van der Waals surface area contributed by atoms with Gasteiger partial charge in [-0.1, -0.05) is 23.8 Å². The molecule has 1 rings (SSSR count). The minimum absolute atomic E-state index is 0.000398. The van der Waals surface area contributed by atoms with Crippen molar-refractivity contribution in [2.45, 2.75) is 26.4 Å². The number of aliphatic hydroxyl groups excluding tert-OH is 1. The predicted molar refractivity (Wildman–Crippen MR) is 57.5 cm³/mol. The second-order valence-electron chi connectivity index (χ2n) is 3.66. The van der Waals surface area contributed by atoms with Crippen molar-refractivity contribution >= 4 is 5.97 Å². The first-order chi connectivity index (χ1) is 7.04. The monoisotopic (exact) mass is 208 g/mol. The van der Waals surface area contributed by atoms with E-state index in [0.717, 1.165) is 16.7 Å². The van der Waals surface area contributed by atoms with Gasteiger partial charge in [0.25, 0.3) is 0 Å². The smallest absolute Gasteiger partial charge is 0.308 e. The standard InChI is InChI=1S/C12H16O3/c1-8-4-5-10(9(2)6-8)11(13)7-12(14)15-3/h4-6,11,13H,7H2,1-3H3. The Morgan fingerprint density at radius 2 is 2.13 bits per heavy atom. The second-order valence-corrected chi connectivity index (χ2v) is 3.66. The zero-order valence-electron chi connectivity index (χ0n) is 9.28. The summed E-state index contributed by atoms with van der Waals surface area (Å²) in [5.41, 5.74) is 2.92. The minimum Gasteiger partial charge on any atom is -0.469 e. The number of methoxy groups -OCH3 is 1. The molecule has 1 atom stereocenters. The number of hydrogen-bond acceptors (Lipinski definition) is 3. The van der Waals surface area contributed by atoms with Crippen molar-refractivity contribution in [2.24, 2.45) is 0 Å². The number of carbonyl (C=O) groups excluding carboxylic acids is 1. The van der Waals surface area contributed by atoms with E-state index in [0.29, 0.717) is 0 Å². The molecule has 0 heterocycles. The van der Waals surface area contributed by atoms with Gasteiger partial charge in [0.05, 0.1) is 19.6 Å². The van der Waals surface area contributed by atoms with E-state index in [1.54, 1.807) is 0 Å². The van der Waals surface area contributed by atoms with Crippen LogP contribution >= 0.6 is 0 Å². The van der Waals surface area contributed by atoms with Crippen molar-refractivity contribution < 1.29 is 14.6 Å². The van der Waals surface area contributed by atoms with Crippen LogP contribution in [0.15, 0.2) is 18.2 Å². The van der Waals surface area contributed by atoms with Crippen LogP contribution in [0.4, 0.5) is 0 Å². The van der Waals surface area contributed by atoms with Crippen molar-refractivity contribution in [2.75, 3.05) is 7.11 Å². The van der Waals surface area contributed by atoms with Gasteiger partial charge in [-0.3, -0.25) is 4.79 Å². The van der Waals surface area contributed by atoms with E-state index in [-0.39, 0.29) is 6.42 Å². The Balaban J connectivity index is 2.82. The van der Waals surface area contributed by atoms with Crippen molar-refractivity contribution in [1.82, 2.24) is 0 Å². The highest BCUT2D eigenvalue weighted by Crippen LogP contribution is 2.21. The lowest BCUT2D eigenvalue weighted by atomic mass is 9.99. The zero-order chi connectivity index (χ0) is 11.4. The summed E-state index contributed by atoms with van der Waals surface area (Å²) in [6, 6.07) is 5.75. The Labute approximate surface area is 89.7 Å². The third kappa shape index (κ3) is 3.06. The molecule has 1 aromatic carbocycles. The minimum atomic E-state index is -0.780. The van der Waals surface area contributed by atoms with Gasteiger partial charge in [0, 0.05) is 0 Å². The van der Waals surface area contributed by atoms with Crippen molar-refractivity contribution in [1.29, 1.82) is 0 Å². The third-order valence-electron chi connectivity index (χ3n) is 2.37. The Bertz CT molecular complexity index is 358. The van der Waals surface area contributed by atoms with Gasteiger partial charge in [-0.25, -0.2) is 0 Å². The molecule has 0 saturated carbocycles. The summed E-state index contributed by atoms with van der Waals surface area (Å²) in [6.07, 6.45) is -0.779. The first kappa shape index (κ1) is 11.7.